The minimum atomic E-state index is -1.07. The molecule has 0 saturated carbocycles. The average Bonchev–Trinajstić information content (AvgIpc) is 2.86. The summed E-state index contributed by atoms with van der Waals surface area (Å²) in [4.78, 5) is 16.8. The Bertz CT molecular complexity index is 561. The van der Waals surface area contributed by atoms with E-state index in [2.05, 4.69) is 10.3 Å². The zero-order chi connectivity index (χ0) is 13.8. The highest BCUT2D eigenvalue weighted by Crippen LogP contribution is 2.14. The molecular weight excluding hydrogens is 246 g/mol. The molecular formula is C13H15N3O3. The molecule has 0 aliphatic heterocycles. The van der Waals surface area contributed by atoms with Crippen molar-refractivity contribution in [3.8, 4) is 0 Å². The Morgan fingerprint density at radius 1 is 1.37 bits per heavy atom. The van der Waals surface area contributed by atoms with Gasteiger partial charge in [-0.05, 0) is 24.3 Å². The monoisotopic (exact) mass is 261 g/mol. The van der Waals surface area contributed by atoms with Gasteiger partial charge in [0.2, 0.25) is 5.76 Å². The van der Waals surface area contributed by atoms with Crippen molar-refractivity contribution in [2.75, 3.05) is 24.3 Å². The van der Waals surface area contributed by atoms with Gasteiger partial charge in [-0.25, -0.2) is 9.78 Å². The van der Waals surface area contributed by atoms with Gasteiger partial charge in [0.05, 0.1) is 18.4 Å². The molecule has 2 aromatic rings. The second-order valence-electron chi connectivity index (χ2n) is 4.22. The summed E-state index contributed by atoms with van der Waals surface area (Å²) in [6.45, 7) is 0.413. The molecule has 0 aliphatic rings. The van der Waals surface area contributed by atoms with Crippen molar-refractivity contribution in [3.63, 3.8) is 0 Å². The molecule has 0 unspecified atom stereocenters. The highest BCUT2D eigenvalue weighted by Gasteiger charge is 2.08. The van der Waals surface area contributed by atoms with E-state index in [0.717, 1.165) is 11.5 Å². The lowest BCUT2D eigenvalue weighted by Gasteiger charge is -2.11. The maximum Gasteiger partial charge on any atom is 0.371 e. The number of hydrogen-bond acceptors (Lipinski definition) is 5. The molecule has 2 aromatic heterocycles. The summed E-state index contributed by atoms with van der Waals surface area (Å²) in [5, 5.41) is 11.8. The van der Waals surface area contributed by atoms with Gasteiger partial charge in [0.25, 0.3) is 0 Å². The Kier molecular flexibility index (Phi) is 3.70. The zero-order valence-corrected chi connectivity index (χ0v) is 10.8. The molecule has 2 rings (SSSR count). The van der Waals surface area contributed by atoms with Crippen molar-refractivity contribution in [2.24, 2.45) is 0 Å². The van der Waals surface area contributed by atoms with Crippen LogP contribution < -0.4 is 10.2 Å². The Morgan fingerprint density at radius 3 is 2.68 bits per heavy atom. The van der Waals surface area contributed by atoms with E-state index in [-0.39, 0.29) is 5.76 Å². The summed E-state index contributed by atoms with van der Waals surface area (Å²) in [6.07, 6.45) is 1.72. The van der Waals surface area contributed by atoms with Crippen LogP contribution in [-0.4, -0.2) is 30.2 Å². The highest BCUT2D eigenvalue weighted by molar-refractivity contribution is 5.84. The minimum absolute atomic E-state index is 0.0575. The van der Waals surface area contributed by atoms with E-state index in [1.807, 2.05) is 31.1 Å². The number of rotatable bonds is 5. The van der Waals surface area contributed by atoms with Crippen molar-refractivity contribution >= 4 is 17.5 Å². The standard InChI is InChI=1S/C13H15N3O3/c1-16(2)12-6-3-9(7-15-12)14-8-10-4-5-11(19-10)13(17)18/h3-7,14H,8H2,1-2H3,(H,17,18). The molecule has 6 nitrogen and oxygen atoms in total. The lowest BCUT2D eigenvalue weighted by molar-refractivity contribution is 0.0660. The van der Waals surface area contributed by atoms with Crippen molar-refractivity contribution in [3.05, 3.63) is 42.0 Å². The topological polar surface area (TPSA) is 78.6 Å². The lowest BCUT2D eigenvalue weighted by atomic mass is 10.3. The minimum Gasteiger partial charge on any atom is -0.475 e. The molecule has 0 amide bonds. The SMILES string of the molecule is CN(C)c1ccc(NCc2ccc(C(=O)O)o2)cn1. The first-order chi connectivity index (χ1) is 9.06. The van der Waals surface area contributed by atoms with Gasteiger partial charge in [-0.1, -0.05) is 0 Å². The number of aromatic nitrogens is 1. The molecule has 0 spiro atoms. The molecule has 2 N–H and O–H groups in total. The molecule has 0 radical (unpaired) electrons. The number of carbonyl (C=O) groups is 1. The quantitative estimate of drug-likeness (QED) is 0.857. The number of pyridine rings is 1. The molecule has 0 aromatic carbocycles. The van der Waals surface area contributed by atoms with Gasteiger partial charge in [-0.3, -0.25) is 0 Å². The lowest BCUT2D eigenvalue weighted by Crippen LogP contribution is -2.10. The summed E-state index contributed by atoms with van der Waals surface area (Å²) in [5.41, 5.74) is 0.846. The van der Waals surface area contributed by atoms with E-state index in [0.29, 0.717) is 12.3 Å². The predicted molar refractivity (Wildman–Crippen MR) is 71.6 cm³/mol. The van der Waals surface area contributed by atoms with Crippen molar-refractivity contribution in [1.82, 2.24) is 4.98 Å². The third kappa shape index (κ3) is 3.25. The first-order valence-corrected chi connectivity index (χ1v) is 5.75. The first kappa shape index (κ1) is 12.9. The largest absolute Gasteiger partial charge is 0.475 e. The smallest absolute Gasteiger partial charge is 0.371 e. The summed E-state index contributed by atoms with van der Waals surface area (Å²) in [5.74, 6) is 0.312. The normalized spacial score (nSPS) is 10.2. The number of carboxylic acid groups (broad SMARTS) is 1. The predicted octanol–water partition coefficient (Wildman–Crippen LogP) is 2.05. The molecule has 0 saturated heterocycles. The molecule has 100 valence electrons. The van der Waals surface area contributed by atoms with Gasteiger partial charge in [0.1, 0.15) is 11.6 Å². The number of anilines is 2. The fraction of sp³-hybridized carbons (Fsp3) is 0.231. The number of carboxylic acids is 1. The van der Waals surface area contributed by atoms with E-state index in [1.165, 1.54) is 6.07 Å². The van der Waals surface area contributed by atoms with Crippen LogP contribution in [0.25, 0.3) is 0 Å². The highest BCUT2D eigenvalue weighted by atomic mass is 16.4. The van der Waals surface area contributed by atoms with Crippen LogP contribution in [0, 0.1) is 0 Å². The summed E-state index contributed by atoms with van der Waals surface area (Å²) < 4.78 is 5.14. The van der Waals surface area contributed by atoms with Crippen molar-refractivity contribution in [1.29, 1.82) is 0 Å². The summed E-state index contributed by atoms with van der Waals surface area (Å²) in [7, 11) is 3.84. The summed E-state index contributed by atoms with van der Waals surface area (Å²) in [6, 6.07) is 6.88. The van der Waals surface area contributed by atoms with Crippen LogP contribution in [0.2, 0.25) is 0 Å². The number of hydrogen-bond donors (Lipinski definition) is 2. The van der Waals surface area contributed by atoms with Crippen LogP contribution in [0.15, 0.2) is 34.9 Å². The Morgan fingerprint density at radius 2 is 2.16 bits per heavy atom. The number of aromatic carboxylic acids is 1. The van der Waals surface area contributed by atoms with Crippen LogP contribution in [0.5, 0.6) is 0 Å². The zero-order valence-electron chi connectivity index (χ0n) is 10.8. The first-order valence-electron chi connectivity index (χ1n) is 5.75. The van der Waals surface area contributed by atoms with Gasteiger partial charge in [0.15, 0.2) is 0 Å². The molecule has 2 heterocycles. The number of nitrogens with zero attached hydrogens (tertiary/aromatic N) is 2. The van der Waals surface area contributed by atoms with Crippen LogP contribution in [0.3, 0.4) is 0 Å². The second kappa shape index (κ2) is 5.43. The maximum atomic E-state index is 10.7. The maximum absolute atomic E-state index is 10.7. The van der Waals surface area contributed by atoms with Crippen LogP contribution in [-0.2, 0) is 6.54 Å². The van der Waals surface area contributed by atoms with Crippen molar-refractivity contribution < 1.29 is 14.3 Å². The van der Waals surface area contributed by atoms with E-state index in [1.54, 1.807) is 12.3 Å². The van der Waals surface area contributed by atoms with E-state index >= 15 is 0 Å². The van der Waals surface area contributed by atoms with Gasteiger partial charge in [-0.2, -0.15) is 0 Å². The fourth-order valence-electron chi connectivity index (χ4n) is 1.53. The second-order valence-corrected chi connectivity index (χ2v) is 4.22. The number of nitrogens with one attached hydrogen (secondary N) is 1. The van der Waals surface area contributed by atoms with Gasteiger partial charge in [-0.15, -0.1) is 0 Å². The molecule has 0 aliphatic carbocycles. The third-order valence-electron chi connectivity index (χ3n) is 2.55. The Labute approximate surface area is 110 Å². The van der Waals surface area contributed by atoms with E-state index in [4.69, 9.17) is 9.52 Å². The van der Waals surface area contributed by atoms with Crippen LogP contribution >= 0.6 is 0 Å². The number of furan rings is 1. The van der Waals surface area contributed by atoms with Gasteiger partial charge >= 0.3 is 5.97 Å². The van der Waals surface area contributed by atoms with Gasteiger partial charge < -0.3 is 19.7 Å². The molecule has 0 fully saturated rings. The molecule has 6 heteroatoms. The average molecular weight is 261 g/mol. The van der Waals surface area contributed by atoms with E-state index < -0.39 is 5.97 Å². The molecule has 19 heavy (non-hydrogen) atoms. The third-order valence-corrected chi connectivity index (χ3v) is 2.55. The van der Waals surface area contributed by atoms with Crippen LogP contribution in [0.1, 0.15) is 16.3 Å². The Balaban J connectivity index is 1.96. The molecule has 0 bridgehead atoms. The van der Waals surface area contributed by atoms with Gasteiger partial charge in [0, 0.05) is 14.1 Å². The molecule has 0 atom stereocenters. The van der Waals surface area contributed by atoms with Crippen LogP contribution in [0.4, 0.5) is 11.5 Å². The van der Waals surface area contributed by atoms with E-state index in [9.17, 15) is 4.79 Å². The summed E-state index contributed by atoms with van der Waals surface area (Å²) >= 11 is 0. The fourth-order valence-corrected chi connectivity index (χ4v) is 1.53. The van der Waals surface area contributed by atoms with Crippen molar-refractivity contribution in [2.45, 2.75) is 6.54 Å². The Hall–Kier alpha value is -2.50.